The number of imide groups is 1. The number of anilines is 1. The van der Waals surface area contributed by atoms with Gasteiger partial charge < -0.3 is 19.6 Å². The minimum absolute atomic E-state index is 0.0751. The number of nitrogens with one attached hydrogen (secondary N) is 2. The third-order valence-electron chi connectivity index (χ3n) is 6.03. The number of carbonyl (C=O) groups is 3. The number of aryl methyl sites for hydroxylation is 1. The second kappa shape index (κ2) is 8.46. The molecule has 8 heteroatoms. The number of aromatic nitrogens is 1. The first-order valence-corrected chi connectivity index (χ1v) is 11.0. The summed E-state index contributed by atoms with van der Waals surface area (Å²) < 4.78 is 7.47. The first-order chi connectivity index (χ1) is 16.0. The smallest absolute Gasteiger partial charge is 0.325 e. The van der Waals surface area contributed by atoms with Gasteiger partial charge in [-0.1, -0.05) is 18.2 Å². The number of fused-ring (bicyclic) bond motifs is 3. The molecule has 1 saturated heterocycles. The monoisotopic (exact) mass is 444 g/mol. The molecule has 4 amide bonds. The van der Waals surface area contributed by atoms with Crippen molar-refractivity contribution in [1.82, 2.24) is 14.8 Å². The van der Waals surface area contributed by atoms with Crippen LogP contribution in [0.2, 0.25) is 0 Å². The molecular weight excluding hydrogens is 420 g/mol. The minimum atomic E-state index is -0.719. The van der Waals surface area contributed by atoms with Crippen LogP contribution in [0.1, 0.15) is 25.5 Å². The van der Waals surface area contributed by atoms with Crippen LogP contribution < -0.4 is 10.6 Å². The molecular formula is C25H24N4O4. The Bertz CT molecular complexity index is 1360. The van der Waals surface area contributed by atoms with Crippen molar-refractivity contribution in [3.63, 3.8) is 0 Å². The lowest BCUT2D eigenvalue weighted by atomic mass is 10.1. The molecule has 1 atom stereocenters. The summed E-state index contributed by atoms with van der Waals surface area (Å²) in [5.41, 5.74) is 2.98. The lowest BCUT2D eigenvalue weighted by Crippen LogP contribution is -2.31. The summed E-state index contributed by atoms with van der Waals surface area (Å²) in [6.07, 6.45) is 1.83. The Balaban J connectivity index is 1.24. The van der Waals surface area contributed by atoms with E-state index in [1.807, 2.05) is 30.3 Å². The van der Waals surface area contributed by atoms with Crippen molar-refractivity contribution in [3.8, 4) is 0 Å². The summed E-state index contributed by atoms with van der Waals surface area (Å²) in [6.45, 7) is 3.04. The van der Waals surface area contributed by atoms with Crippen molar-refractivity contribution in [2.45, 2.75) is 38.9 Å². The van der Waals surface area contributed by atoms with Gasteiger partial charge in [-0.3, -0.25) is 14.5 Å². The Morgan fingerprint density at radius 2 is 1.88 bits per heavy atom. The molecule has 0 spiro atoms. The molecule has 3 heterocycles. The second-order valence-corrected chi connectivity index (χ2v) is 8.09. The summed E-state index contributed by atoms with van der Waals surface area (Å²) >= 11 is 0. The minimum Gasteiger partial charge on any atom is -0.467 e. The standard InChI is InChI=1S/C25H24N4O4/c1-2-28-21-8-4-3-7-18(21)19-14-16(9-11-22(19)28)26-23(30)12-10-20-24(31)29(25(32)27-20)15-17-6-5-13-33-17/h3-9,11,13-14,20H,2,10,12,15H2,1H3,(H,26,30)(H,27,32)/t20-/m1/s1. The van der Waals surface area contributed by atoms with Crippen LogP contribution in [0.25, 0.3) is 21.8 Å². The van der Waals surface area contributed by atoms with Crippen molar-refractivity contribution >= 4 is 45.3 Å². The van der Waals surface area contributed by atoms with Crippen molar-refractivity contribution in [2.24, 2.45) is 0 Å². The highest BCUT2D eigenvalue weighted by Gasteiger charge is 2.38. The Hall–Kier alpha value is -4.07. The number of carbonyl (C=O) groups excluding carboxylic acids is 3. The fourth-order valence-corrected chi connectivity index (χ4v) is 4.45. The molecule has 8 nitrogen and oxygen atoms in total. The van der Waals surface area contributed by atoms with E-state index in [-0.39, 0.29) is 31.2 Å². The number of nitrogens with zero attached hydrogens (tertiary/aromatic N) is 2. The molecule has 0 unspecified atom stereocenters. The first kappa shape index (κ1) is 20.8. The van der Waals surface area contributed by atoms with Crippen LogP contribution in [-0.2, 0) is 22.7 Å². The van der Waals surface area contributed by atoms with E-state index in [0.29, 0.717) is 11.4 Å². The third kappa shape index (κ3) is 3.84. The molecule has 2 aromatic carbocycles. The van der Waals surface area contributed by atoms with Crippen LogP contribution in [0.15, 0.2) is 65.3 Å². The molecule has 1 aliphatic rings. The zero-order valence-corrected chi connectivity index (χ0v) is 18.2. The molecule has 33 heavy (non-hydrogen) atoms. The van der Waals surface area contributed by atoms with Gasteiger partial charge in [-0.25, -0.2) is 4.79 Å². The maximum Gasteiger partial charge on any atom is 0.325 e. The predicted molar refractivity (Wildman–Crippen MR) is 125 cm³/mol. The maximum atomic E-state index is 12.6. The van der Waals surface area contributed by atoms with Gasteiger partial charge in [0, 0.05) is 40.5 Å². The third-order valence-corrected chi connectivity index (χ3v) is 6.03. The zero-order valence-electron chi connectivity index (χ0n) is 18.2. The van der Waals surface area contributed by atoms with E-state index in [9.17, 15) is 14.4 Å². The maximum absolute atomic E-state index is 12.6. The molecule has 0 radical (unpaired) electrons. The van der Waals surface area contributed by atoms with Gasteiger partial charge in [0.15, 0.2) is 0 Å². The van der Waals surface area contributed by atoms with Gasteiger partial charge in [-0.15, -0.1) is 0 Å². The van der Waals surface area contributed by atoms with Crippen LogP contribution >= 0.6 is 0 Å². The van der Waals surface area contributed by atoms with Crippen LogP contribution in [-0.4, -0.2) is 33.4 Å². The number of rotatable bonds is 7. The fraction of sp³-hybridized carbons (Fsp3) is 0.240. The summed E-state index contributed by atoms with van der Waals surface area (Å²) in [4.78, 5) is 38.4. The molecule has 1 fully saturated rings. The lowest BCUT2D eigenvalue weighted by molar-refractivity contribution is -0.128. The zero-order chi connectivity index (χ0) is 22.9. The number of urea groups is 1. The molecule has 0 aliphatic carbocycles. The quantitative estimate of drug-likeness (QED) is 0.417. The average molecular weight is 444 g/mol. The molecule has 2 N–H and O–H groups in total. The highest BCUT2D eigenvalue weighted by atomic mass is 16.3. The van der Waals surface area contributed by atoms with Crippen molar-refractivity contribution in [2.75, 3.05) is 5.32 Å². The Morgan fingerprint density at radius 1 is 1.06 bits per heavy atom. The van der Waals surface area contributed by atoms with Crippen LogP contribution in [0.4, 0.5) is 10.5 Å². The van der Waals surface area contributed by atoms with Gasteiger partial charge in [0.05, 0.1) is 12.8 Å². The number of furan rings is 1. The van der Waals surface area contributed by atoms with Gasteiger partial charge in [-0.05, 0) is 49.7 Å². The number of benzene rings is 2. The van der Waals surface area contributed by atoms with Gasteiger partial charge >= 0.3 is 6.03 Å². The lowest BCUT2D eigenvalue weighted by Gasteiger charge is -2.11. The van der Waals surface area contributed by atoms with Crippen LogP contribution in [0, 0.1) is 0 Å². The Morgan fingerprint density at radius 3 is 2.67 bits per heavy atom. The number of hydrogen-bond acceptors (Lipinski definition) is 4. The largest absolute Gasteiger partial charge is 0.467 e. The van der Waals surface area contributed by atoms with E-state index in [1.165, 1.54) is 6.26 Å². The van der Waals surface area contributed by atoms with E-state index in [2.05, 4.69) is 34.3 Å². The van der Waals surface area contributed by atoms with Crippen molar-refractivity contribution in [1.29, 1.82) is 0 Å². The molecule has 2 aromatic heterocycles. The molecule has 4 aromatic rings. The molecule has 0 bridgehead atoms. The van der Waals surface area contributed by atoms with E-state index in [4.69, 9.17) is 4.42 Å². The topological polar surface area (TPSA) is 96.6 Å². The number of para-hydroxylation sites is 1. The van der Waals surface area contributed by atoms with Gasteiger partial charge in [0.25, 0.3) is 5.91 Å². The SMILES string of the molecule is CCn1c2ccccc2c2cc(NC(=O)CC[C@H]3NC(=O)N(Cc4ccco4)C3=O)ccc21. The molecule has 5 rings (SSSR count). The van der Waals surface area contributed by atoms with E-state index in [0.717, 1.165) is 33.3 Å². The normalized spacial score (nSPS) is 16.0. The summed E-state index contributed by atoms with van der Waals surface area (Å²) in [7, 11) is 0. The summed E-state index contributed by atoms with van der Waals surface area (Å²) in [6, 6.07) is 16.3. The molecule has 1 aliphatic heterocycles. The van der Waals surface area contributed by atoms with Gasteiger partial charge in [-0.2, -0.15) is 0 Å². The predicted octanol–water partition coefficient (Wildman–Crippen LogP) is 4.25. The second-order valence-electron chi connectivity index (χ2n) is 8.09. The number of hydrogen-bond donors (Lipinski definition) is 2. The Labute approximate surface area is 190 Å². The molecule has 0 saturated carbocycles. The summed E-state index contributed by atoms with van der Waals surface area (Å²) in [5.74, 6) is -0.0326. The van der Waals surface area contributed by atoms with Gasteiger partial charge in [0.2, 0.25) is 5.91 Å². The van der Waals surface area contributed by atoms with Crippen LogP contribution in [0.5, 0.6) is 0 Å². The van der Waals surface area contributed by atoms with E-state index in [1.54, 1.807) is 12.1 Å². The van der Waals surface area contributed by atoms with E-state index < -0.39 is 12.1 Å². The van der Waals surface area contributed by atoms with Crippen molar-refractivity contribution in [3.05, 3.63) is 66.6 Å². The Kier molecular flexibility index (Phi) is 5.34. The molecule has 168 valence electrons. The first-order valence-electron chi connectivity index (χ1n) is 11.0. The fourth-order valence-electron chi connectivity index (χ4n) is 4.45. The highest BCUT2D eigenvalue weighted by molar-refractivity contribution is 6.10. The van der Waals surface area contributed by atoms with Crippen LogP contribution in [0.3, 0.4) is 0 Å². The number of amides is 4. The van der Waals surface area contributed by atoms with Gasteiger partial charge in [0.1, 0.15) is 11.8 Å². The van der Waals surface area contributed by atoms with Crippen molar-refractivity contribution < 1.29 is 18.8 Å². The summed E-state index contributed by atoms with van der Waals surface area (Å²) in [5, 5.41) is 7.80. The average Bonchev–Trinajstić information content (AvgIpc) is 3.51. The van der Waals surface area contributed by atoms with E-state index >= 15 is 0 Å². The highest BCUT2D eigenvalue weighted by Crippen LogP contribution is 2.31.